The summed E-state index contributed by atoms with van der Waals surface area (Å²) < 4.78 is 0. The minimum absolute atomic E-state index is 1.11. The Labute approximate surface area is 82.0 Å². The summed E-state index contributed by atoms with van der Waals surface area (Å²) in [6.45, 7) is 0. The fourth-order valence-electron chi connectivity index (χ4n) is 1.46. The van der Waals surface area contributed by atoms with E-state index in [0.717, 1.165) is 6.42 Å². The van der Waals surface area contributed by atoms with E-state index >= 15 is 0 Å². The van der Waals surface area contributed by atoms with E-state index in [2.05, 4.69) is 36.5 Å². The molecule has 0 saturated heterocycles. The molecule has 0 aromatic carbocycles. The lowest BCUT2D eigenvalue weighted by Crippen LogP contribution is -1.72. The maximum Gasteiger partial charge on any atom is -0.0169 e. The van der Waals surface area contributed by atoms with Crippen LogP contribution in [0.5, 0.6) is 0 Å². The Morgan fingerprint density at radius 3 is 1.62 bits per heavy atom. The van der Waals surface area contributed by atoms with Crippen LogP contribution in [0.4, 0.5) is 0 Å². The van der Waals surface area contributed by atoms with Crippen molar-refractivity contribution >= 4 is 0 Å². The molecule has 0 bridgehead atoms. The maximum atomic E-state index is 2.33. The zero-order valence-corrected chi connectivity index (χ0v) is 8.41. The Morgan fingerprint density at radius 2 is 0.923 bits per heavy atom. The summed E-state index contributed by atoms with van der Waals surface area (Å²) >= 11 is 0. The lowest BCUT2D eigenvalue weighted by Gasteiger charge is -1.92. The highest BCUT2D eigenvalue weighted by atomic mass is 13.9. The van der Waals surface area contributed by atoms with Crippen molar-refractivity contribution in [2.24, 2.45) is 0 Å². The topological polar surface area (TPSA) is 0 Å². The summed E-state index contributed by atoms with van der Waals surface area (Å²) in [5.74, 6) is 0. The van der Waals surface area contributed by atoms with Gasteiger partial charge >= 0.3 is 0 Å². The fraction of sp³-hybridized carbons (Fsp3) is 0.538. The smallest absolute Gasteiger partial charge is 0.0169 e. The average Bonchev–Trinajstić information content (AvgIpc) is 2.18. The van der Waals surface area contributed by atoms with Crippen LogP contribution in [0.15, 0.2) is 36.5 Å². The molecule has 0 fully saturated rings. The molecule has 0 amide bonds. The normalized spacial score (nSPS) is 25.2. The third-order valence-electron chi connectivity index (χ3n) is 2.26. The SMILES string of the molecule is C1=CCCCC/C=C\CC/C=C/C1. The maximum absolute atomic E-state index is 2.33. The molecule has 13 heavy (non-hydrogen) atoms. The summed E-state index contributed by atoms with van der Waals surface area (Å²) in [6.07, 6.45) is 22.5. The van der Waals surface area contributed by atoms with E-state index in [1.165, 1.54) is 38.5 Å². The van der Waals surface area contributed by atoms with Crippen LogP contribution in [0.1, 0.15) is 44.9 Å². The first kappa shape index (κ1) is 10.3. The van der Waals surface area contributed by atoms with Gasteiger partial charge in [0.2, 0.25) is 0 Å². The van der Waals surface area contributed by atoms with Gasteiger partial charge in [-0.05, 0) is 44.9 Å². The van der Waals surface area contributed by atoms with Crippen LogP contribution >= 0.6 is 0 Å². The van der Waals surface area contributed by atoms with Gasteiger partial charge in [-0.25, -0.2) is 0 Å². The second-order valence-electron chi connectivity index (χ2n) is 3.51. The molecule has 0 aliphatic heterocycles. The van der Waals surface area contributed by atoms with Crippen molar-refractivity contribution in [2.75, 3.05) is 0 Å². The molecular weight excluding hydrogens is 156 g/mol. The van der Waals surface area contributed by atoms with Crippen molar-refractivity contribution in [1.82, 2.24) is 0 Å². The molecule has 0 aromatic heterocycles. The fourth-order valence-corrected chi connectivity index (χ4v) is 1.46. The summed E-state index contributed by atoms with van der Waals surface area (Å²) in [5.41, 5.74) is 0. The predicted octanol–water partition coefficient (Wildman–Crippen LogP) is 4.40. The van der Waals surface area contributed by atoms with E-state index in [1.807, 2.05) is 0 Å². The van der Waals surface area contributed by atoms with E-state index in [4.69, 9.17) is 0 Å². The van der Waals surface area contributed by atoms with Crippen molar-refractivity contribution in [2.45, 2.75) is 44.9 Å². The molecule has 72 valence electrons. The van der Waals surface area contributed by atoms with E-state index in [1.54, 1.807) is 0 Å². The van der Waals surface area contributed by atoms with Gasteiger partial charge in [-0.15, -0.1) is 0 Å². The largest absolute Gasteiger partial charge is 0.0885 e. The highest BCUT2D eigenvalue weighted by Gasteiger charge is 1.84. The second kappa shape index (κ2) is 7.85. The minimum Gasteiger partial charge on any atom is -0.0885 e. The van der Waals surface area contributed by atoms with Crippen molar-refractivity contribution in [3.8, 4) is 0 Å². The molecule has 0 N–H and O–H groups in total. The van der Waals surface area contributed by atoms with Crippen LogP contribution in [-0.4, -0.2) is 0 Å². The second-order valence-corrected chi connectivity index (χ2v) is 3.51. The van der Waals surface area contributed by atoms with Crippen molar-refractivity contribution < 1.29 is 0 Å². The Morgan fingerprint density at radius 1 is 0.462 bits per heavy atom. The highest BCUT2D eigenvalue weighted by molar-refractivity contribution is 4.94. The molecule has 1 aliphatic carbocycles. The minimum atomic E-state index is 1.11. The zero-order chi connectivity index (χ0) is 9.19. The van der Waals surface area contributed by atoms with Gasteiger partial charge in [-0.2, -0.15) is 0 Å². The van der Waals surface area contributed by atoms with Gasteiger partial charge in [0.15, 0.2) is 0 Å². The molecule has 0 heterocycles. The quantitative estimate of drug-likeness (QED) is 0.480. The van der Waals surface area contributed by atoms with Crippen LogP contribution in [0.25, 0.3) is 0 Å². The predicted molar refractivity (Wildman–Crippen MR) is 59.7 cm³/mol. The number of hydrogen-bond donors (Lipinski definition) is 0. The molecule has 0 saturated carbocycles. The first-order chi connectivity index (χ1) is 6.50. The molecule has 0 unspecified atom stereocenters. The lowest BCUT2D eigenvalue weighted by molar-refractivity contribution is 0.759. The molecule has 0 heteroatoms. The van der Waals surface area contributed by atoms with Crippen molar-refractivity contribution in [3.63, 3.8) is 0 Å². The first-order valence-electron chi connectivity index (χ1n) is 5.45. The monoisotopic (exact) mass is 176 g/mol. The average molecular weight is 176 g/mol. The standard InChI is InChI=1S/C13H20/c1-2-4-6-8-10-12-13-11-9-7-5-3-1/h1-2,5,7-8,10H,3-4,6,9,11-13H2/b2-1+,7-5?,10-8-. The summed E-state index contributed by atoms with van der Waals surface area (Å²) in [7, 11) is 0. The number of hydrogen-bond acceptors (Lipinski definition) is 0. The Balaban J connectivity index is 2.28. The first-order valence-corrected chi connectivity index (χ1v) is 5.45. The Bertz CT molecular complexity index is 184. The van der Waals surface area contributed by atoms with E-state index < -0.39 is 0 Å². The number of allylic oxidation sites excluding steroid dienone is 6. The van der Waals surface area contributed by atoms with Gasteiger partial charge in [0.25, 0.3) is 0 Å². The summed E-state index contributed by atoms with van der Waals surface area (Å²) in [6, 6.07) is 0. The van der Waals surface area contributed by atoms with Gasteiger partial charge in [0.1, 0.15) is 0 Å². The van der Waals surface area contributed by atoms with Gasteiger partial charge in [-0.1, -0.05) is 36.5 Å². The molecule has 0 nitrogen and oxygen atoms in total. The van der Waals surface area contributed by atoms with E-state index in [-0.39, 0.29) is 0 Å². The molecule has 0 aromatic rings. The zero-order valence-electron chi connectivity index (χ0n) is 8.41. The van der Waals surface area contributed by atoms with E-state index in [0.29, 0.717) is 0 Å². The van der Waals surface area contributed by atoms with Crippen LogP contribution in [0.3, 0.4) is 0 Å². The van der Waals surface area contributed by atoms with Crippen LogP contribution in [0, 0.1) is 0 Å². The summed E-state index contributed by atoms with van der Waals surface area (Å²) in [5, 5.41) is 0. The highest BCUT2D eigenvalue weighted by Crippen LogP contribution is 2.04. The molecule has 0 radical (unpaired) electrons. The van der Waals surface area contributed by atoms with E-state index in [9.17, 15) is 0 Å². The molecule has 1 aliphatic rings. The molecule has 0 atom stereocenters. The van der Waals surface area contributed by atoms with Crippen molar-refractivity contribution in [3.05, 3.63) is 36.5 Å². The Hall–Kier alpha value is -0.780. The van der Waals surface area contributed by atoms with Crippen LogP contribution in [0.2, 0.25) is 0 Å². The number of rotatable bonds is 0. The lowest BCUT2D eigenvalue weighted by atomic mass is 10.1. The van der Waals surface area contributed by atoms with Crippen LogP contribution in [-0.2, 0) is 0 Å². The Kier molecular flexibility index (Phi) is 6.22. The molecule has 0 spiro atoms. The third-order valence-corrected chi connectivity index (χ3v) is 2.26. The third kappa shape index (κ3) is 6.39. The van der Waals surface area contributed by atoms with Crippen molar-refractivity contribution in [1.29, 1.82) is 0 Å². The molecular formula is C13H20. The van der Waals surface area contributed by atoms with Gasteiger partial charge in [0, 0.05) is 0 Å². The van der Waals surface area contributed by atoms with Gasteiger partial charge < -0.3 is 0 Å². The summed E-state index contributed by atoms with van der Waals surface area (Å²) in [4.78, 5) is 0. The van der Waals surface area contributed by atoms with Gasteiger partial charge in [0.05, 0.1) is 0 Å². The van der Waals surface area contributed by atoms with Gasteiger partial charge in [-0.3, -0.25) is 0 Å². The van der Waals surface area contributed by atoms with Crippen LogP contribution < -0.4 is 0 Å². The molecule has 1 rings (SSSR count).